The van der Waals surface area contributed by atoms with E-state index in [-0.39, 0.29) is 12.7 Å². The van der Waals surface area contributed by atoms with Gasteiger partial charge < -0.3 is 15.5 Å². The number of rotatable bonds is 4. The Morgan fingerprint density at radius 2 is 1.48 bits per heavy atom. The van der Waals surface area contributed by atoms with Gasteiger partial charge in [0, 0.05) is 12.6 Å². The average molecular weight is 283 g/mol. The van der Waals surface area contributed by atoms with Crippen molar-refractivity contribution in [3.05, 3.63) is 59.7 Å². The van der Waals surface area contributed by atoms with E-state index >= 15 is 0 Å². The van der Waals surface area contributed by atoms with E-state index in [1.54, 1.807) is 0 Å². The number of aliphatic hydroxyl groups excluding tert-OH is 2. The average Bonchev–Trinajstić information content (AvgIpc) is 2.93. The first-order chi connectivity index (χ1) is 10.2. The maximum atomic E-state index is 9.53. The Morgan fingerprint density at radius 1 is 0.905 bits per heavy atom. The molecule has 3 heteroatoms. The Morgan fingerprint density at radius 3 is 1.95 bits per heavy atom. The van der Waals surface area contributed by atoms with Crippen molar-refractivity contribution in [3.63, 3.8) is 0 Å². The molecule has 0 saturated carbocycles. The quantitative estimate of drug-likeness (QED) is 0.805. The molecule has 110 valence electrons. The third kappa shape index (κ3) is 3.50. The first-order valence-corrected chi connectivity index (χ1v) is 7.45. The number of hydrogen-bond acceptors (Lipinski definition) is 3. The second-order valence-electron chi connectivity index (χ2n) is 5.75. The van der Waals surface area contributed by atoms with Crippen LogP contribution in [0.25, 0.3) is 11.1 Å². The smallest absolute Gasteiger partial charge is 0.0681 e. The molecular formula is C18H21NO2. The number of benzene rings is 2. The van der Waals surface area contributed by atoms with Crippen molar-refractivity contribution in [2.45, 2.75) is 31.6 Å². The summed E-state index contributed by atoms with van der Waals surface area (Å²) in [5.74, 6) is 0. The monoisotopic (exact) mass is 283 g/mol. The van der Waals surface area contributed by atoms with E-state index in [0.717, 1.165) is 24.0 Å². The fourth-order valence-corrected chi connectivity index (χ4v) is 2.87. The number of aliphatic hydroxyl groups is 2. The lowest BCUT2D eigenvalue weighted by atomic mass is 9.99. The molecule has 0 aliphatic carbocycles. The van der Waals surface area contributed by atoms with Crippen molar-refractivity contribution < 1.29 is 10.2 Å². The van der Waals surface area contributed by atoms with Crippen LogP contribution in [0.4, 0.5) is 0 Å². The second-order valence-corrected chi connectivity index (χ2v) is 5.75. The van der Waals surface area contributed by atoms with Crippen molar-refractivity contribution in [1.82, 2.24) is 5.32 Å². The minimum absolute atomic E-state index is 0.0828. The molecule has 3 N–H and O–H groups in total. The maximum absolute atomic E-state index is 9.53. The Hall–Kier alpha value is -1.68. The van der Waals surface area contributed by atoms with Crippen LogP contribution in [-0.4, -0.2) is 28.9 Å². The molecule has 0 bridgehead atoms. The van der Waals surface area contributed by atoms with Gasteiger partial charge in [0.25, 0.3) is 0 Å². The molecule has 1 aliphatic heterocycles. The van der Waals surface area contributed by atoms with Gasteiger partial charge in [0.2, 0.25) is 0 Å². The third-order valence-electron chi connectivity index (χ3n) is 4.10. The predicted octanol–water partition coefficient (Wildman–Crippen LogP) is 2.11. The molecule has 1 fully saturated rings. The highest BCUT2D eigenvalue weighted by atomic mass is 16.3. The van der Waals surface area contributed by atoms with Gasteiger partial charge in [-0.3, -0.25) is 0 Å². The fraction of sp³-hybridized carbons (Fsp3) is 0.333. The van der Waals surface area contributed by atoms with E-state index in [1.165, 1.54) is 11.1 Å². The number of hydrogen-bond donors (Lipinski definition) is 3. The minimum Gasteiger partial charge on any atom is -0.392 e. The Bertz CT molecular complexity index is 577. The highest BCUT2D eigenvalue weighted by molar-refractivity contribution is 5.63. The molecule has 3 rings (SSSR count). The topological polar surface area (TPSA) is 52.5 Å². The number of β-amino-alcohol motifs (C(OH)–C–C–N with tert-alkyl or cyclic N) is 1. The van der Waals surface area contributed by atoms with E-state index in [0.29, 0.717) is 12.6 Å². The van der Waals surface area contributed by atoms with Crippen molar-refractivity contribution >= 4 is 0 Å². The van der Waals surface area contributed by atoms with Crippen LogP contribution in [0.15, 0.2) is 48.5 Å². The van der Waals surface area contributed by atoms with E-state index in [1.807, 2.05) is 24.3 Å². The molecule has 1 aliphatic rings. The highest BCUT2D eigenvalue weighted by Crippen LogP contribution is 2.21. The van der Waals surface area contributed by atoms with E-state index in [4.69, 9.17) is 5.11 Å². The van der Waals surface area contributed by atoms with Crippen LogP contribution in [-0.2, 0) is 13.0 Å². The van der Waals surface area contributed by atoms with Gasteiger partial charge in [-0.05, 0) is 35.1 Å². The molecule has 1 heterocycles. The Labute approximate surface area is 125 Å². The first-order valence-electron chi connectivity index (χ1n) is 7.45. The van der Waals surface area contributed by atoms with Crippen LogP contribution in [0.2, 0.25) is 0 Å². The lowest BCUT2D eigenvalue weighted by Crippen LogP contribution is -2.23. The van der Waals surface area contributed by atoms with Crippen molar-refractivity contribution in [1.29, 1.82) is 0 Å². The minimum atomic E-state index is -0.195. The van der Waals surface area contributed by atoms with Gasteiger partial charge in [-0.2, -0.15) is 0 Å². The second kappa shape index (κ2) is 6.39. The zero-order chi connectivity index (χ0) is 14.7. The summed E-state index contributed by atoms with van der Waals surface area (Å²) in [5, 5.41) is 21.9. The van der Waals surface area contributed by atoms with Crippen molar-refractivity contribution in [2.75, 3.05) is 6.54 Å². The van der Waals surface area contributed by atoms with Gasteiger partial charge in [-0.25, -0.2) is 0 Å². The summed E-state index contributed by atoms with van der Waals surface area (Å²) in [6.45, 7) is 0.791. The largest absolute Gasteiger partial charge is 0.392 e. The third-order valence-corrected chi connectivity index (χ3v) is 4.10. The van der Waals surface area contributed by atoms with Crippen molar-refractivity contribution in [3.8, 4) is 11.1 Å². The zero-order valence-corrected chi connectivity index (χ0v) is 12.0. The lowest BCUT2D eigenvalue weighted by Gasteiger charge is -2.10. The molecule has 0 amide bonds. The highest BCUT2D eigenvalue weighted by Gasteiger charge is 2.21. The van der Waals surface area contributed by atoms with Gasteiger partial charge in [0.05, 0.1) is 12.7 Å². The van der Waals surface area contributed by atoms with Crippen LogP contribution < -0.4 is 5.32 Å². The molecule has 0 radical (unpaired) electrons. The lowest BCUT2D eigenvalue weighted by molar-refractivity contribution is 0.193. The summed E-state index contributed by atoms with van der Waals surface area (Å²) in [6.07, 6.45) is 1.60. The normalized spacial score (nSPS) is 21.6. The first kappa shape index (κ1) is 14.3. The van der Waals surface area contributed by atoms with Crippen LogP contribution in [0, 0.1) is 0 Å². The maximum Gasteiger partial charge on any atom is 0.0681 e. The summed E-state index contributed by atoms with van der Waals surface area (Å²) in [7, 11) is 0. The molecule has 2 atom stereocenters. The van der Waals surface area contributed by atoms with E-state index in [9.17, 15) is 5.11 Å². The molecule has 3 nitrogen and oxygen atoms in total. The van der Waals surface area contributed by atoms with E-state index in [2.05, 4.69) is 29.6 Å². The van der Waals surface area contributed by atoms with E-state index < -0.39 is 0 Å². The molecule has 2 aromatic rings. The van der Waals surface area contributed by atoms with Crippen molar-refractivity contribution in [2.24, 2.45) is 0 Å². The summed E-state index contributed by atoms with van der Waals surface area (Å²) in [5.41, 5.74) is 4.56. The Balaban J connectivity index is 1.68. The van der Waals surface area contributed by atoms with Gasteiger partial charge in [0.1, 0.15) is 0 Å². The summed E-state index contributed by atoms with van der Waals surface area (Å²) < 4.78 is 0. The summed E-state index contributed by atoms with van der Waals surface area (Å²) in [6, 6.07) is 16.9. The fourth-order valence-electron chi connectivity index (χ4n) is 2.87. The SMILES string of the molecule is OCc1ccc(-c2ccc(CC3CC(O)CN3)cc2)cc1. The molecule has 2 unspecified atom stereocenters. The van der Waals surface area contributed by atoms with Crippen LogP contribution >= 0.6 is 0 Å². The van der Waals surface area contributed by atoms with Gasteiger partial charge in [-0.15, -0.1) is 0 Å². The standard InChI is InChI=1S/C18H21NO2/c20-12-14-3-7-16(8-4-14)15-5-1-13(2-6-15)9-17-10-18(21)11-19-17/h1-8,17-21H,9-12H2. The Kier molecular flexibility index (Phi) is 4.34. The van der Waals surface area contributed by atoms with Gasteiger partial charge >= 0.3 is 0 Å². The molecular weight excluding hydrogens is 262 g/mol. The molecule has 1 saturated heterocycles. The summed E-state index contributed by atoms with van der Waals surface area (Å²) >= 11 is 0. The van der Waals surface area contributed by atoms with Crippen LogP contribution in [0.1, 0.15) is 17.5 Å². The van der Waals surface area contributed by atoms with Crippen LogP contribution in [0.3, 0.4) is 0 Å². The van der Waals surface area contributed by atoms with Crippen LogP contribution in [0.5, 0.6) is 0 Å². The summed E-state index contributed by atoms with van der Waals surface area (Å²) in [4.78, 5) is 0. The van der Waals surface area contributed by atoms with Gasteiger partial charge in [0.15, 0.2) is 0 Å². The molecule has 0 spiro atoms. The molecule has 2 aromatic carbocycles. The number of nitrogens with one attached hydrogen (secondary N) is 1. The molecule has 21 heavy (non-hydrogen) atoms. The predicted molar refractivity (Wildman–Crippen MR) is 83.9 cm³/mol. The van der Waals surface area contributed by atoms with Gasteiger partial charge in [-0.1, -0.05) is 48.5 Å². The zero-order valence-electron chi connectivity index (χ0n) is 12.0. The molecule has 0 aromatic heterocycles.